The van der Waals surface area contributed by atoms with Gasteiger partial charge in [-0.15, -0.1) is 0 Å². The molecule has 1 saturated heterocycles. The molecule has 0 bridgehead atoms. The second-order valence-electron chi connectivity index (χ2n) is 4.68. The molecule has 1 atom stereocenters. The Kier molecular flexibility index (Phi) is 5.16. The number of amides is 1. The summed E-state index contributed by atoms with van der Waals surface area (Å²) in [5.74, 6) is 0.0242. The summed E-state index contributed by atoms with van der Waals surface area (Å²) in [5.41, 5.74) is 0.875. The number of carbonyl (C=O) groups is 1. The summed E-state index contributed by atoms with van der Waals surface area (Å²) in [5, 5.41) is 16.4. The lowest BCUT2D eigenvalue weighted by molar-refractivity contribution is -0.121. The second-order valence-corrected chi connectivity index (χ2v) is 5.46. The predicted molar refractivity (Wildman–Crippen MR) is 72.6 cm³/mol. The van der Waals surface area contributed by atoms with Crippen molar-refractivity contribution in [1.82, 2.24) is 10.2 Å². The van der Waals surface area contributed by atoms with Gasteiger partial charge in [-0.2, -0.15) is 11.3 Å². The van der Waals surface area contributed by atoms with E-state index < -0.39 is 6.10 Å². The highest BCUT2D eigenvalue weighted by atomic mass is 32.1. The van der Waals surface area contributed by atoms with Crippen LogP contribution in [0.1, 0.15) is 30.9 Å². The van der Waals surface area contributed by atoms with Crippen molar-refractivity contribution in [2.75, 3.05) is 26.2 Å². The smallest absolute Gasteiger partial charge is 0.221 e. The molecule has 1 aliphatic heterocycles. The summed E-state index contributed by atoms with van der Waals surface area (Å²) >= 11 is 1.55. The maximum atomic E-state index is 11.6. The molecule has 1 aliphatic rings. The summed E-state index contributed by atoms with van der Waals surface area (Å²) in [6.07, 6.45) is 2.43. The summed E-state index contributed by atoms with van der Waals surface area (Å²) < 4.78 is 0. The number of thiophene rings is 1. The lowest BCUT2D eigenvalue weighted by Crippen LogP contribution is -2.31. The molecule has 0 radical (unpaired) electrons. The Labute approximate surface area is 112 Å². The molecule has 2 N–H and O–H groups in total. The van der Waals surface area contributed by atoms with Gasteiger partial charge < -0.3 is 15.3 Å². The molecule has 0 aliphatic carbocycles. The summed E-state index contributed by atoms with van der Waals surface area (Å²) in [7, 11) is 0. The van der Waals surface area contributed by atoms with Crippen molar-refractivity contribution in [2.24, 2.45) is 0 Å². The molecule has 1 aromatic rings. The standard InChI is InChI=1S/C13H20N2O2S/c16-12(11-4-8-18-10-11)9-14-13(17)3-7-15-5-1-2-6-15/h4,8,10,12,16H,1-3,5-7,9H2,(H,14,17). The molecule has 0 saturated carbocycles. The van der Waals surface area contributed by atoms with Crippen molar-refractivity contribution in [3.8, 4) is 0 Å². The highest BCUT2D eigenvalue weighted by Crippen LogP contribution is 2.15. The Morgan fingerprint density at radius 1 is 1.50 bits per heavy atom. The van der Waals surface area contributed by atoms with Crippen LogP contribution in [0.2, 0.25) is 0 Å². The van der Waals surface area contributed by atoms with E-state index >= 15 is 0 Å². The Balaban J connectivity index is 1.62. The topological polar surface area (TPSA) is 52.6 Å². The maximum absolute atomic E-state index is 11.6. The summed E-state index contributed by atoms with van der Waals surface area (Å²) in [4.78, 5) is 13.9. The molecule has 0 aromatic carbocycles. The van der Waals surface area contributed by atoms with E-state index in [4.69, 9.17) is 0 Å². The molecule has 4 nitrogen and oxygen atoms in total. The van der Waals surface area contributed by atoms with E-state index in [1.54, 1.807) is 11.3 Å². The molecular weight excluding hydrogens is 248 g/mol. The van der Waals surface area contributed by atoms with Gasteiger partial charge >= 0.3 is 0 Å². The third-order valence-electron chi connectivity index (χ3n) is 3.27. The first-order chi connectivity index (χ1) is 8.75. The first kappa shape index (κ1) is 13.5. The van der Waals surface area contributed by atoms with Crippen LogP contribution in [0.4, 0.5) is 0 Å². The molecule has 18 heavy (non-hydrogen) atoms. The maximum Gasteiger partial charge on any atom is 0.221 e. The molecule has 1 amide bonds. The average Bonchev–Trinajstić information content (AvgIpc) is 3.05. The number of nitrogens with zero attached hydrogens (tertiary/aromatic N) is 1. The predicted octanol–water partition coefficient (Wildman–Crippen LogP) is 1.38. The second kappa shape index (κ2) is 6.87. The third-order valence-corrected chi connectivity index (χ3v) is 3.98. The first-order valence-corrected chi connectivity index (χ1v) is 7.39. The molecule has 1 fully saturated rings. The summed E-state index contributed by atoms with van der Waals surface area (Å²) in [6, 6.07) is 1.88. The Hall–Kier alpha value is -0.910. The number of rotatable bonds is 6. The molecule has 0 spiro atoms. The minimum Gasteiger partial charge on any atom is -0.387 e. The van der Waals surface area contributed by atoms with Gasteiger partial charge in [0, 0.05) is 19.5 Å². The number of nitrogens with one attached hydrogen (secondary N) is 1. The van der Waals surface area contributed by atoms with Gasteiger partial charge in [0.2, 0.25) is 5.91 Å². The highest BCUT2D eigenvalue weighted by Gasteiger charge is 2.14. The van der Waals surface area contributed by atoms with Crippen LogP contribution in [0.25, 0.3) is 0 Å². The number of hydrogen-bond donors (Lipinski definition) is 2. The van der Waals surface area contributed by atoms with E-state index in [0.29, 0.717) is 13.0 Å². The van der Waals surface area contributed by atoms with E-state index in [9.17, 15) is 9.90 Å². The lowest BCUT2D eigenvalue weighted by atomic mass is 10.2. The van der Waals surface area contributed by atoms with Gasteiger partial charge in [0.15, 0.2) is 0 Å². The molecule has 2 heterocycles. The van der Waals surface area contributed by atoms with Crippen LogP contribution in [0, 0.1) is 0 Å². The van der Waals surface area contributed by atoms with Crippen LogP contribution in [0.15, 0.2) is 16.8 Å². The minimum atomic E-state index is -0.591. The number of hydrogen-bond acceptors (Lipinski definition) is 4. The quantitative estimate of drug-likeness (QED) is 0.819. The van der Waals surface area contributed by atoms with E-state index in [1.165, 1.54) is 12.8 Å². The zero-order valence-corrected chi connectivity index (χ0v) is 11.3. The highest BCUT2D eigenvalue weighted by molar-refractivity contribution is 7.07. The van der Waals surface area contributed by atoms with Crippen molar-refractivity contribution in [2.45, 2.75) is 25.4 Å². The number of aliphatic hydroxyl groups is 1. The van der Waals surface area contributed by atoms with Crippen molar-refractivity contribution < 1.29 is 9.90 Å². The number of carbonyl (C=O) groups excluding carboxylic acids is 1. The van der Waals surface area contributed by atoms with Gasteiger partial charge in [0.1, 0.15) is 0 Å². The lowest BCUT2D eigenvalue weighted by Gasteiger charge is -2.15. The molecule has 2 rings (SSSR count). The first-order valence-electron chi connectivity index (χ1n) is 6.45. The van der Waals surface area contributed by atoms with Gasteiger partial charge in [0.25, 0.3) is 0 Å². The van der Waals surface area contributed by atoms with Crippen LogP contribution >= 0.6 is 11.3 Å². The van der Waals surface area contributed by atoms with E-state index in [-0.39, 0.29) is 5.91 Å². The van der Waals surface area contributed by atoms with Crippen LogP contribution in [-0.4, -0.2) is 42.1 Å². The fourth-order valence-corrected chi connectivity index (χ4v) is 2.85. The van der Waals surface area contributed by atoms with E-state index in [2.05, 4.69) is 10.2 Å². The molecule has 5 heteroatoms. The number of aliphatic hydroxyl groups excluding tert-OH is 1. The van der Waals surface area contributed by atoms with Crippen molar-refractivity contribution in [3.63, 3.8) is 0 Å². The van der Waals surface area contributed by atoms with Gasteiger partial charge in [-0.1, -0.05) is 0 Å². The van der Waals surface area contributed by atoms with Crippen LogP contribution in [0.3, 0.4) is 0 Å². The Morgan fingerprint density at radius 2 is 2.28 bits per heavy atom. The van der Waals surface area contributed by atoms with Crippen molar-refractivity contribution in [3.05, 3.63) is 22.4 Å². The molecule has 1 aromatic heterocycles. The van der Waals surface area contributed by atoms with Crippen molar-refractivity contribution in [1.29, 1.82) is 0 Å². The fourth-order valence-electron chi connectivity index (χ4n) is 2.15. The Bertz CT molecular complexity index is 361. The summed E-state index contributed by atoms with van der Waals surface area (Å²) in [6.45, 7) is 3.37. The van der Waals surface area contributed by atoms with Gasteiger partial charge in [0.05, 0.1) is 6.10 Å². The van der Waals surface area contributed by atoms with Gasteiger partial charge in [-0.25, -0.2) is 0 Å². The zero-order valence-electron chi connectivity index (χ0n) is 10.5. The normalized spacial score (nSPS) is 17.8. The number of likely N-dealkylation sites (tertiary alicyclic amines) is 1. The van der Waals surface area contributed by atoms with Crippen LogP contribution in [-0.2, 0) is 4.79 Å². The molecule has 1 unspecified atom stereocenters. The monoisotopic (exact) mass is 268 g/mol. The van der Waals surface area contributed by atoms with E-state index in [0.717, 1.165) is 25.2 Å². The Morgan fingerprint density at radius 3 is 2.94 bits per heavy atom. The van der Waals surface area contributed by atoms with E-state index in [1.807, 2.05) is 16.8 Å². The minimum absolute atomic E-state index is 0.0242. The molecule has 100 valence electrons. The van der Waals surface area contributed by atoms with Crippen LogP contribution < -0.4 is 5.32 Å². The third kappa shape index (κ3) is 4.08. The van der Waals surface area contributed by atoms with Crippen LogP contribution in [0.5, 0.6) is 0 Å². The average molecular weight is 268 g/mol. The molecular formula is C13H20N2O2S. The van der Waals surface area contributed by atoms with Gasteiger partial charge in [-0.3, -0.25) is 4.79 Å². The largest absolute Gasteiger partial charge is 0.387 e. The zero-order chi connectivity index (χ0) is 12.8. The van der Waals surface area contributed by atoms with Crippen molar-refractivity contribution >= 4 is 17.2 Å². The van der Waals surface area contributed by atoms with Gasteiger partial charge in [-0.05, 0) is 48.3 Å². The SMILES string of the molecule is O=C(CCN1CCCC1)NCC(O)c1ccsc1. The fraction of sp³-hybridized carbons (Fsp3) is 0.615.